The molecule has 8 nitrogen and oxygen atoms in total. The number of esters is 2. The lowest BCUT2D eigenvalue weighted by molar-refractivity contribution is -0.158. The fourth-order valence-corrected chi connectivity index (χ4v) is 2.81. The molecule has 1 aromatic carbocycles. The van der Waals surface area contributed by atoms with Gasteiger partial charge in [-0.05, 0) is 48.6 Å². The lowest BCUT2D eigenvalue weighted by Crippen LogP contribution is -2.53. The molecule has 1 aromatic rings. The molecule has 1 atom stereocenters. The number of anilines is 1. The van der Waals surface area contributed by atoms with Gasteiger partial charge in [0.15, 0.2) is 0 Å². The maximum absolute atomic E-state index is 11.9. The number of nitrogens with zero attached hydrogens (tertiary/aromatic N) is 4. The van der Waals surface area contributed by atoms with E-state index < -0.39 is 17.8 Å². The smallest absolute Gasteiger partial charge is 0.338 e. The Morgan fingerprint density at radius 3 is 2.88 bits per heavy atom. The minimum atomic E-state index is -1.41. The number of ether oxygens (including phenoxy) is 2. The zero-order valence-electron chi connectivity index (χ0n) is 13.8. The molecule has 0 spiro atoms. The van der Waals surface area contributed by atoms with Gasteiger partial charge in [-0.15, -0.1) is 0 Å². The summed E-state index contributed by atoms with van der Waals surface area (Å²) in [5, 5.41) is 3.77. The van der Waals surface area contributed by atoms with Gasteiger partial charge in [-0.2, -0.15) is 0 Å². The summed E-state index contributed by atoms with van der Waals surface area (Å²) in [6.45, 7) is 3.83. The van der Waals surface area contributed by atoms with Crippen LogP contribution in [-0.4, -0.2) is 30.9 Å². The number of azide groups is 1. The number of hydrogen-bond acceptors (Lipinski definition) is 6. The van der Waals surface area contributed by atoms with Crippen LogP contribution in [-0.2, 0) is 14.3 Å². The molecule has 0 radical (unpaired) electrons. The molecule has 1 heterocycles. The number of benzene rings is 1. The minimum absolute atomic E-state index is 0.281. The van der Waals surface area contributed by atoms with Crippen LogP contribution in [0.15, 0.2) is 29.4 Å². The molecule has 0 saturated carbocycles. The van der Waals surface area contributed by atoms with Crippen LogP contribution >= 0.6 is 0 Å². The second-order valence-corrected chi connectivity index (χ2v) is 5.41. The van der Waals surface area contributed by atoms with Gasteiger partial charge >= 0.3 is 11.9 Å². The molecule has 1 aliphatic heterocycles. The number of piperidine rings is 1. The first-order chi connectivity index (χ1) is 11.5. The molecule has 24 heavy (non-hydrogen) atoms. The van der Waals surface area contributed by atoms with Crippen molar-refractivity contribution in [1.29, 1.82) is 0 Å². The molecule has 1 saturated heterocycles. The molecule has 0 N–H and O–H groups in total. The van der Waals surface area contributed by atoms with Gasteiger partial charge in [0.1, 0.15) is 0 Å². The van der Waals surface area contributed by atoms with Crippen LogP contribution in [0.3, 0.4) is 0 Å². The van der Waals surface area contributed by atoms with E-state index in [4.69, 9.17) is 15.0 Å². The van der Waals surface area contributed by atoms with Crippen molar-refractivity contribution in [3.8, 4) is 0 Å². The number of carbonyl (C=O) groups excluding carboxylic acids is 2. The highest BCUT2D eigenvalue weighted by atomic mass is 16.6. The molecule has 8 heteroatoms. The van der Waals surface area contributed by atoms with E-state index in [1.54, 1.807) is 36.1 Å². The lowest BCUT2D eigenvalue weighted by atomic mass is 10.0. The van der Waals surface area contributed by atoms with Crippen LogP contribution in [0.25, 0.3) is 10.4 Å². The third kappa shape index (κ3) is 3.78. The first-order valence-corrected chi connectivity index (χ1v) is 7.83. The minimum Gasteiger partial charge on any atom is -0.462 e. The summed E-state index contributed by atoms with van der Waals surface area (Å²) in [5.41, 5.74) is 9.96. The summed E-state index contributed by atoms with van der Waals surface area (Å²) in [5.74, 6) is -2.37. The topological polar surface area (TPSA) is 105 Å². The van der Waals surface area contributed by atoms with Crippen LogP contribution in [0.1, 0.15) is 43.5 Å². The van der Waals surface area contributed by atoms with Gasteiger partial charge in [0.2, 0.25) is 0 Å². The molecule has 0 aliphatic carbocycles. The number of rotatable bonds is 5. The predicted molar refractivity (Wildman–Crippen MR) is 87.2 cm³/mol. The third-order valence-electron chi connectivity index (χ3n) is 3.73. The Morgan fingerprint density at radius 2 is 2.21 bits per heavy atom. The molecular weight excluding hydrogens is 312 g/mol. The van der Waals surface area contributed by atoms with E-state index >= 15 is 0 Å². The zero-order valence-corrected chi connectivity index (χ0v) is 13.8. The van der Waals surface area contributed by atoms with E-state index in [0.717, 1.165) is 12.8 Å². The maximum Gasteiger partial charge on any atom is 0.338 e. The molecule has 1 fully saturated rings. The van der Waals surface area contributed by atoms with E-state index in [1.165, 1.54) is 6.92 Å². The first kappa shape index (κ1) is 17.6. The van der Waals surface area contributed by atoms with E-state index in [1.807, 2.05) is 0 Å². The van der Waals surface area contributed by atoms with Gasteiger partial charge in [0.25, 0.3) is 5.85 Å². The average Bonchev–Trinajstić information content (AvgIpc) is 2.55. The lowest BCUT2D eigenvalue weighted by Gasteiger charge is -2.44. The molecule has 1 unspecified atom stereocenters. The number of hydrogen-bond donors (Lipinski definition) is 0. The summed E-state index contributed by atoms with van der Waals surface area (Å²) in [4.78, 5) is 28.0. The Morgan fingerprint density at radius 1 is 1.42 bits per heavy atom. The van der Waals surface area contributed by atoms with Crippen LogP contribution in [0.2, 0.25) is 0 Å². The van der Waals surface area contributed by atoms with Crippen LogP contribution in [0.5, 0.6) is 0 Å². The maximum atomic E-state index is 11.9. The number of carbonyl (C=O) groups is 2. The first-order valence-electron chi connectivity index (χ1n) is 7.83. The second-order valence-electron chi connectivity index (χ2n) is 5.41. The summed E-state index contributed by atoms with van der Waals surface area (Å²) in [6, 6.07) is 6.78. The normalized spacial score (nSPS) is 20.0. The third-order valence-corrected chi connectivity index (χ3v) is 3.73. The second kappa shape index (κ2) is 7.70. The summed E-state index contributed by atoms with van der Waals surface area (Å²) >= 11 is 0. The van der Waals surface area contributed by atoms with Crippen LogP contribution < -0.4 is 4.90 Å². The summed E-state index contributed by atoms with van der Waals surface area (Å²) in [6.07, 6.45) is 2.01. The van der Waals surface area contributed by atoms with Crippen molar-refractivity contribution in [3.63, 3.8) is 0 Å². The van der Waals surface area contributed by atoms with Gasteiger partial charge in [-0.25, -0.2) is 4.79 Å². The molecule has 2 rings (SSSR count). The van der Waals surface area contributed by atoms with Gasteiger partial charge in [-0.3, -0.25) is 4.79 Å². The highest BCUT2D eigenvalue weighted by molar-refractivity contribution is 5.90. The fraction of sp³-hybridized carbons (Fsp3) is 0.500. The average molecular weight is 332 g/mol. The van der Waals surface area contributed by atoms with E-state index in [-0.39, 0.29) is 6.61 Å². The Bertz CT molecular complexity index is 672. The molecule has 1 aliphatic rings. The van der Waals surface area contributed by atoms with Crippen LogP contribution in [0, 0.1) is 0 Å². The van der Waals surface area contributed by atoms with Crippen LogP contribution in [0.4, 0.5) is 5.69 Å². The largest absolute Gasteiger partial charge is 0.462 e. The SMILES string of the molecule is CCOC(=O)c1cccc(N2CCCCC2(N=[N+]=[N-])OC(C)=O)c1. The van der Waals surface area contributed by atoms with Gasteiger partial charge < -0.3 is 14.4 Å². The Balaban J connectivity index is 2.42. The van der Waals surface area contributed by atoms with E-state index in [0.29, 0.717) is 24.2 Å². The zero-order chi connectivity index (χ0) is 17.6. The molecule has 0 bridgehead atoms. The standard InChI is InChI=1S/C16H20N4O4/c1-3-23-15(22)13-7-6-8-14(11-13)20-10-5-4-9-16(20,18-19-17)24-12(2)21/h6-8,11H,3-5,9-10H2,1-2H3. The highest BCUT2D eigenvalue weighted by Crippen LogP contribution is 2.36. The van der Waals surface area contributed by atoms with Gasteiger partial charge in [-0.1, -0.05) is 6.07 Å². The van der Waals surface area contributed by atoms with Crippen molar-refractivity contribution in [2.24, 2.45) is 5.11 Å². The van der Waals surface area contributed by atoms with Crippen molar-refractivity contribution in [2.45, 2.75) is 39.0 Å². The summed E-state index contributed by atoms with van der Waals surface area (Å²) < 4.78 is 10.4. The van der Waals surface area contributed by atoms with Crippen molar-refractivity contribution in [2.75, 3.05) is 18.1 Å². The Kier molecular flexibility index (Phi) is 5.65. The van der Waals surface area contributed by atoms with E-state index in [2.05, 4.69) is 10.0 Å². The van der Waals surface area contributed by atoms with Crippen molar-refractivity contribution in [1.82, 2.24) is 0 Å². The van der Waals surface area contributed by atoms with Crippen molar-refractivity contribution in [3.05, 3.63) is 40.3 Å². The summed E-state index contributed by atoms with van der Waals surface area (Å²) in [7, 11) is 0. The quantitative estimate of drug-likeness (QED) is 0.356. The van der Waals surface area contributed by atoms with Gasteiger partial charge in [0.05, 0.1) is 12.2 Å². The molecule has 0 aromatic heterocycles. The predicted octanol–water partition coefficient (Wildman–Crippen LogP) is 3.38. The molecule has 128 valence electrons. The Labute approximate surface area is 140 Å². The Hall–Kier alpha value is -2.73. The van der Waals surface area contributed by atoms with Crippen molar-refractivity contribution < 1.29 is 19.1 Å². The van der Waals surface area contributed by atoms with Crippen molar-refractivity contribution >= 4 is 17.6 Å². The highest BCUT2D eigenvalue weighted by Gasteiger charge is 2.42. The van der Waals surface area contributed by atoms with Gasteiger partial charge in [0, 0.05) is 30.5 Å². The molecular formula is C16H20N4O4. The van der Waals surface area contributed by atoms with E-state index in [9.17, 15) is 9.59 Å². The molecule has 0 amide bonds. The monoisotopic (exact) mass is 332 g/mol. The fourth-order valence-electron chi connectivity index (χ4n) is 2.81.